The van der Waals surface area contributed by atoms with Crippen molar-refractivity contribution in [1.82, 2.24) is 9.88 Å². The largest absolute Gasteiger partial charge is 0.494 e. The predicted octanol–water partition coefficient (Wildman–Crippen LogP) is 4.33. The number of nitrogens with zero attached hydrogens (tertiary/aromatic N) is 2. The summed E-state index contributed by atoms with van der Waals surface area (Å²) < 4.78 is 11.2. The van der Waals surface area contributed by atoms with E-state index in [0.29, 0.717) is 31.2 Å². The van der Waals surface area contributed by atoms with Crippen molar-refractivity contribution < 1.29 is 14.3 Å². The van der Waals surface area contributed by atoms with E-state index in [9.17, 15) is 4.79 Å². The Kier molecular flexibility index (Phi) is 6.63. The van der Waals surface area contributed by atoms with E-state index in [1.165, 1.54) is 0 Å². The molecule has 28 heavy (non-hydrogen) atoms. The van der Waals surface area contributed by atoms with Crippen LogP contribution in [0.15, 0.2) is 72.9 Å². The second-order valence-corrected chi connectivity index (χ2v) is 6.40. The third-order valence-electron chi connectivity index (χ3n) is 4.21. The van der Waals surface area contributed by atoms with Crippen LogP contribution in [0.2, 0.25) is 0 Å². The van der Waals surface area contributed by atoms with Gasteiger partial charge in [0.05, 0.1) is 6.61 Å². The standard InChI is InChI=1S/C23H24N2O3/c1-3-27-21-11-9-18(10-12-21)16-25(2)23(26)20-13-14-24-22(15-20)28-17-19-7-5-4-6-8-19/h4-15H,3,16-17H2,1-2H3. The maximum absolute atomic E-state index is 12.8. The Balaban J connectivity index is 1.61. The maximum atomic E-state index is 12.8. The summed E-state index contributed by atoms with van der Waals surface area (Å²) in [6.45, 7) is 3.50. The first-order valence-electron chi connectivity index (χ1n) is 9.25. The number of amides is 1. The van der Waals surface area contributed by atoms with Gasteiger partial charge in [0.1, 0.15) is 12.4 Å². The summed E-state index contributed by atoms with van der Waals surface area (Å²) in [6, 6.07) is 21.0. The van der Waals surface area contributed by atoms with E-state index in [1.54, 1.807) is 30.3 Å². The van der Waals surface area contributed by atoms with Crippen molar-refractivity contribution in [2.75, 3.05) is 13.7 Å². The summed E-state index contributed by atoms with van der Waals surface area (Å²) in [7, 11) is 1.78. The molecule has 0 spiro atoms. The molecule has 0 fully saturated rings. The molecule has 1 amide bonds. The number of hydrogen-bond donors (Lipinski definition) is 0. The smallest absolute Gasteiger partial charge is 0.254 e. The van der Waals surface area contributed by atoms with Crippen LogP contribution < -0.4 is 9.47 Å². The number of carbonyl (C=O) groups excluding carboxylic acids is 1. The van der Waals surface area contributed by atoms with E-state index in [-0.39, 0.29) is 5.91 Å². The molecule has 2 aromatic carbocycles. The normalized spacial score (nSPS) is 10.4. The van der Waals surface area contributed by atoms with E-state index in [1.807, 2.05) is 61.5 Å². The molecule has 0 saturated carbocycles. The number of carbonyl (C=O) groups is 1. The monoisotopic (exact) mass is 376 g/mol. The van der Waals surface area contributed by atoms with Crippen molar-refractivity contribution in [3.63, 3.8) is 0 Å². The molecule has 0 bridgehead atoms. The molecular weight excluding hydrogens is 352 g/mol. The first-order chi connectivity index (χ1) is 13.7. The highest BCUT2D eigenvalue weighted by molar-refractivity contribution is 5.94. The molecule has 0 N–H and O–H groups in total. The van der Waals surface area contributed by atoms with Crippen molar-refractivity contribution >= 4 is 5.91 Å². The molecule has 3 aromatic rings. The highest BCUT2D eigenvalue weighted by Gasteiger charge is 2.13. The topological polar surface area (TPSA) is 51.7 Å². The zero-order valence-electron chi connectivity index (χ0n) is 16.2. The van der Waals surface area contributed by atoms with Gasteiger partial charge >= 0.3 is 0 Å². The van der Waals surface area contributed by atoms with Crippen molar-refractivity contribution in [3.8, 4) is 11.6 Å². The van der Waals surface area contributed by atoms with Gasteiger partial charge in [0, 0.05) is 31.4 Å². The fourth-order valence-electron chi connectivity index (χ4n) is 2.78. The average Bonchev–Trinajstić information content (AvgIpc) is 2.74. The zero-order valence-corrected chi connectivity index (χ0v) is 16.2. The lowest BCUT2D eigenvalue weighted by molar-refractivity contribution is 0.0784. The Bertz CT molecular complexity index is 895. The molecule has 0 aliphatic heterocycles. The Morgan fingerprint density at radius 2 is 1.71 bits per heavy atom. The van der Waals surface area contributed by atoms with E-state index < -0.39 is 0 Å². The molecule has 3 rings (SSSR count). The van der Waals surface area contributed by atoms with Crippen molar-refractivity contribution in [2.24, 2.45) is 0 Å². The third kappa shape index (κ3) is 5.33. The van der Waals surface area contributed by atoms with Crippen LogP contribution in [0.25, 0.3) is 0 Å². The van der Waals surface area contributed by atoms with Crippen LogP contribution in [0, 0.1) is 0 Å². The van der Waals surface area contributed by atoms with E-state index in [0.717, 1.165) is 16.9 Å². The summed E-state index contributed by atoms with van der Waals surface area (Å²) >= 11 is 0. The van der Waals surface area contributed by atoms with E-state index in [2.05, 4.69) is 4.98 Å². The second-order valence-electron chi connectivity index (χ2n) is 6.40. The van der Waals surface area contributed by atoms with Gasteiger partial charge < -0.3 is 14.4 Å². The average molecular weight is 376 g/mol. The summed E-state index contributed by atoms with van der Waals surface area (Å²) in [5.74, 6) is 1.18. The van der Waals surface area contributed by atoms with Gasteiger partial charge in [-0.05, 0) is 36.2 Å². The number of pyridine rings is 1. The highest BCUT2D eigenvalue weighted by atomic mass is 16.5. The summed E-state index contributed by atoms with van der Waals surface area (Å²) in [4.78, 5) is 18.6. The number of aromatic nitrogens is 1. The Morgan fingerprint density at radius 3 is 2.43 bits per heavy atom. The number of ether oxygens (including phenoxy) is 2. The zero-order chi connectivity index (χ0) is 19.8. The van der Waals surface area contributed by atoms with E-state index in [4.69, 9.17) is 9.47 Å². The summed E-state index contributed by atoms with van der Waals surface area (Å²) in [5, 5.41) is 0. The lowest BCUT2D eigenvalue weighted by Crippen LogP contribution is -2.26. The predicted molar refractivity (Wildman–Crippen MR) is 108 cm³/mol. The SMILES string of the molecule is CCOc1ccc(CN(C)C(=O)c2ccnc(OCc3ccccc3)c2)cc1. The fraction of sp³-hybridized carbons (Fsp3) is 0.217. The quantitative estimate of drug-likeness (QED) is 0.587. The fourth-order valence-corrected chi connectivity index (χ4v) is 2.78. The van der Waals surface area contributed by atoms with Crippen LogP contribution in [0.4, 0.5) is 0 Å². The Labute approximate surface area is 165 Å². The molecule has 1 heterocycles. The van der Waals surface area contributed by atoms with Gasteiger partial charge in [-0.15, -0.1) is 0 Å². The van der Waals surface area contributed by atoms with Gasteiger partial charge in [0.25, 0.3) is 5.91 Å². The van der Waals surface area contributed by atoms with Crippen LogP contribution in [-0.2, 0) is 13.2 Å². The maximum Gasteiger partial charge on any atom is 0.254 e. The Morgan fingerprint density at radius 1 is 0.964 bits per heavy atom. The molecule has 0 aliphatic rings. The lowest BCUT2D eigenvalue weighted by Gasteiger charge is -2.18. The molecule has 0 unspecified atom stereocenters. The molecule has 0 atom stereocenters. The highest BCUT2D eigenvalue weighted by Crippen LogP contribution is 2.16. The van der Waals surface area contributed by atoms with Gasteiger partial charge in [0.2, 0.25) is 5.88 Å². The third-order valence-corrected chi connectivity index (χ3v) is 4.21. The van der Waals surface area contributed by atoms with Crippen LogP contribution >= 0.6 is 0 Å². The van der Waals surface area contributed by atoms with Crippen molar-refractivity contribution in [2.45, 2.75) is 20.1 Å². The molecule has 0 radical (unpaired) electrons. The summed E-state index contributed by atoms with van der Waals surface area (Å²) in [5.41, 5.74) is 2.63. The van der Waals surface area contributed by atoms with Gasteiger partial charge in [-0.2, -0.15) is 0 Å². The molecule has 5 heteroatoms. The minimum absolute atomic E-state index is 0.0826. The van der Waals surface area contributed by atoms with Crippen LogP contribution in [0.1, 0.15) is 28.4 Å². The first kappa shape index (κ1) is 19.4. The number of rotatable bonds is 8. The molecule has 144 valence electrons. The van der Waals surface area contributed by atoms with Gasteiger partial charge in [-0.1, -0.05) is 42.5 Å². The van der Waals surface area contributed by atoms with Gasteiger partial charge in [-0.25, -0.2) is 4.98 Å². The Hall–Kier alpha value is -3.34. The molecule has 0 aliphatic carbocycles. The number of benzene rings is 2. The molecule has 1 aromatic heterocycles. The molecule has 0 saturated heterocycles. The van der Waals surface area contributed by atoms with Crippen LogP contribution in [-0.4, -0.2) is 29.4 Å². The first-order valence-corrected chi connectivity index (χ1v) is 9.25. The lowest BCUT2D eigenvalue weighted by atomic mass is 10.2. The van der Waals surface area contributed by atoms with Crippen molar-refractivity contribution in [1.29, 1.82) is 0 Å². The second kappa shape index (κ2) is 9.55. The minimum Gasteiger partial charge on any atom is -0.494 e. The summed E-state index contributed by atoms with van der Waals surface area (Å²) in [6.07, 6.45) is 1.60. The van der Waals surface area contributed by atoms with E-state index >= 15 is 0 Å². The van der Waals surface area contributed by atoms with Crippen molar-refractivity contribution in [3.05, 3.63) is 89.6 Å². The van der Waals surface area contributed by atoms with Gasteiger partial charge in [0.15, 0.2) is 0 Å². The van der Waals surface area contributed by atoms with Gasteiger partial charge in [-0.3, -0.25) is 4.79 Å². The van der Waals surface area contributed by atoms with Crippen LogP contribution in [0.5, 0.6) is 11.6 Å². The minimum atomic E-state index is -0.0826. The molecular formula is C23H24N2O3. The number of hydrogen-bond acceptors (Lipinski definition) is 4. The molecule has 5 nitrogen and oxygen atoms in total. The van der Waals surface area contributed by atoms with Crippen LogP contribution in [0.3, 0.4) is 0 Å².